The second-order valence-electron chi connectivity index (χ2n) is 9.81. The molecule has 0 saturated carbocycles. The molecule has 0 aromatic rings. The third-order valence-corrected chi connectivity index (χ3v) is 6.61. The fraction of sp³-hybridized carbons (Fsp3) is 0.929. The minimum Gasteiger partial charge on any atom is -0.481 e. The van der Waals surface area contributed by atoms with Gasteiger partial charge in [0.15, 0.2) is 0 Å². The summed E-state index contributed by atoms with van der Waals surface area (Å²) in [7, 11) is 0. The number of esters is 1. The monoisotopic (exact) mass is 485 g/mol. The van der Waals surface area contributed by atoms with Crippen LogP contribution in [0.5, 0.6) is 0 Å². The fourth-order valence-corrected chi connectivity index (χ4v) is 4.37. The van der Waals surface area contributed by atoms with Crippen LogP contribution in [0.2, 0.25) is 0 Å². The van der Waals surface area contributed by atoms with Crippen molar-refractivity contribution >= 4 is 11.9 Å². The summed E-state index contributed by atoms with van der Waals surface area (Å²) in [4.78, 5) is 24.6. The van der Waals surface area contributed by atoms with Gasteiger partial charge in [0.05, 0.1) is 13.2 Å². The van der Waals surface area contributed by atoms with Gasteiger partial charge in [-0.25, -0.2) is 0 Å². The molecule has 2 N–H and O–H groups in total. The van der Waals surface area contributed by atoms with Gasteiger partial charge in [0.25, 0.3) is 0 Å². The van der Waals surface area contributed by atoms with Gasteiger partial charge in [-0.15, -0.1) is 0 Å². The molecule has 0 radical (unpaired) electrons. The minimum absolute atomic E-state index is 0.0314. The molecule has 0 bridgehead atoms. The molecule has 1 unspecified atom stereocenters. The Morgan fingerprint density at radius 2 is 1.29 bits per heavy atom. The first-order chi connectivity index (χ1) is 16.5. The highest BCUT2D eigenvalue weighted by Crippen LogP contribution is 2.14. The average Bonchev–Trinajstić information content (AvgIpc) is 2.81. The van der Waals surface area contributed by atoms with E-state index in [1.165, 1.54) is 44.9 Å². The second kappa shape index (κ2) is 25.0. The van der Waals surface area contributed by atoms with E-state index >= 15 is 0 Å². The Hall–Kier alpha value is -1.14. The van der Waals surface area contributed by atoms with Gasteiger partial charge in [0.2, 0.25) is 0 Å². The van der Waals surface area contributed by atoms with Crippen LogP contribution in [0.15, 0.2) is 0 Å². The Balaban J connectivity index is 3.62. The predicted octanol–water partition coefficient (Wildman–Crippen LogP) is 6.73. The predicted molar refractivity (Wildman–Crippen MR) is 140 cm³/mol. The maximum Gasteiger partial charge on any atom is 0.305 e. The number of aliphatic hydroxyl groups is 1. The molecule has 6 heteroatoms. The molecular formula is C28H55NO5. The molecular weight excluding hydrogens is 430 g/mol. The zero-order chi connectivity index (χ0) is 25.3. The summed E-state index contributed by atoms with van der Waals surface area (Å²) in [5.41, 5.74) is 0. The van der Waals surface area contributed by atoms with Crippen LogP contribution in [-0.2, 0) is 14.3 Å². The van der Waals surface area contributed by atoms with Gasteiger partial charge in [0.1, 0.15) is 0 Å². The molecule has 0 aliphatic carbocycles. The topological polar surface area (TPSA) is 87.1 Å². The first-order valence-corrected chi connectivity index (χ1v) is 14.2. The number of carboxylic acid groups (broad SMARTS) is 1. The van der Waals surface area contributed by atoms with Crippen molar-refractivity contribution in [2.45, 2.75) is 142 Å². The lowest BCUT2D eigenvalue weighted by molar-refractivity contribution is -0.144. The van der Waals surface area contributed by atoms with Crippen LogP contribution in [-0.4, -0.2) is 59.4 Å². The molecule has 0 aromatic carbocycles. The van der Waals surface area contributed by atoms with E-state index in [1.54, 1.807) is 0 Å². The van der Waals surface area contributed by atoms with Crippen LogP contribution < -0.4 is 0 Å². The van der Waals surface area contributed by atoms with Crippen molar-refractivity contribution in [1.29, 1.82) is 0 Å². The molecule has 0 fully saturated rings. The van der Waals surface area contributed by atoms with E-state index in [0.29, 0.717) is 19.1 Å². The van der Waals surface area contributed by atoms with Crippen LogP contribution in [0, 0.1) is 0 Å². The Morgan fingerprint density at radius 3 is 1.94 bits per heavy atom. The fourth-order valence-electron chi connectivity index (χ4n) is 4.37. The summed E-state index contributed by atoms with van der Waals surface area (Å²) in [5, 5.41) is 18.1. The van der Waals surface area contributed by atoms with Crippen molar-refractivity contribution in [1.82, 2.24) is 4.90 Å². The zero-order valence-electron chi connectivity index (χ0n) is 22.4. The molecule has 34 heavy (non-hydrogen) atoms. The van der Waals surface area contributed by atoms with Crippen LogP contribution in [0.1, 0.15) is 136 Å². The first-order valence-electron chi connectivity index (χ1n) is 14.2. The van der Waals surface area contributed by atoms with Crippen LogP contribution in [0.4, 0.5) is 0 Å². The van der Waals surface area contributed by atoms with Gasteiger partial charge >= 0.3 is 11.9 Å². The standard InChI is InChI=1S/C28H55NO5/c1-3-4-5-9-16-21-28(33)34-25-18-13-7-6-10-14-19-26(2)29(23-24-30)22-17-12-8-11-15-20-27(31)32/h26,30H,3-25H2,1-2H3,(H,31,32). The van der Waals surface area contributed by atoms with Crippen LogP contribution in [0.3, 0.4) is 0 Å². The summed E-state index contributed by atoms with van der Waals surface area (Å²) < 4.78 is 5.34. The van der Waals surface area contributed by atoms with Crippen molar-refractivity contribution in [3.05, 3.63) is 0 Å². The Kier molecular flexibility index (Phi) is 24.1. The molecule has 0 heterocycles. The second-order valence-corrected chi connectivity index (χ2v) is 9.81. The van der Waals surface area contributed by atoms with Crippen molar-refractivity contribution < 1.29 is 24.5 Å². The molecule has 0 saturated heterocycles. The number of nitrogens with zero attached hydrogens (tertiary/aromatic N) is 1. The van der Waals surface area contributed by atoms with E-state index in [-0.39, 0.29) is 19.0 Å². The third kappa shape index (κ3) is 22.6. The smallest absolute Gasteiger partial charge is 0.305 e. The largest absolute Gasteiger partial charge is 0.481 e. The maximum absolute atomic E-state index is 11.7. The average molecular weight is 486 g/mol. The van der Waals surface area contributed by atoms with Gasteiger partial charge in [0, 0.05) is 25.4 Å². The molecule has 0 rings (SSSR count). The van der Waals surface area contributed by atoms with Crippen molar-refractivity contribution in [3.8, 4) is 0 Å². The number of carbonyl (C=O) groups is 2. The Morgan fingerprint density at radius 1 is 0.735 bits per heavy atom. The Labute approximate surface area is 209 Å². The van der Waals surface area contributed by atoms with Crippen molar-refractivity contribution in [2.75, 3.05) is 26.3 Å². The molecule has 0 amide bonds. The molecule has 0 aromatic heterocycles. The third-order valence-electron chi connectivity index (χ3n) is 6.61. The number of rotatable bonds is 26. The van der Waals surface area contributed by atoms with E-state index in [2.05, 4.69) is 18.7 Å². The number of ether oxygens (including phenoxy) is 1. The van der Waals surface area contributed by atoms with Gasteiger partial charge in [-0.1, -0.05) is 84.0 Å². The van der Waals surface area contributed by atoms with Crippen LogP contribution in [0.25, 0.3) is 0 Å². The molecule has 0 aliphatic rings. The van der Waals surface area contributed by atoms with Crippen molar-refractivity contribution in [3.63, 3.8) is 0 Å². The van der Waals surface area contributed by atoms with Crippen molar-refractivity contribution in [2.24, 2.45) is 0 Å². The summed E-state index contributed by atoms with van der Waals surface area (Å²) in [6.07, 6.45) is 19.9. The number of hydrogen-bond acceptors (Lipinski definition) is 5. The molecule has 1 atom stereocenters. The van der Waals surface area contributed by atoms with E-state index in [4.69, 9.17) is 9.84 Å². The number of aliphatic hydroxyl groups excluding tert-OH is 1. The number of carboxylic acids is 1. The molecule has 202 valence electrons. The quantitative estimate of drug-likeness (QED) is 0.104. The summed E-state index contributed by atoms with van der Waals surface area (Å²) in [5.74, 6) is -0.733. The van der Waals surface area contributed by atoms with Gasteiger partial charge in [-0.2, -0.15) is 0 Å². The highest BCUT2D eigenvalue weighted by atomic mass is 16.5. The van der Waals surface area contributed by atoms with E-state index in [0.717, 1.165) is 77.3 Å². The number of carbonyl (C=O) groups excluding carboxylic acids is 1. The lowest BCUT2D eigenvalue weighted by Gasteiger charge is -2.28. The Bertz CT molecular complexity index is 472. The maximum atomic E-state index is 11.7. The SMILES string of the molecule is CCCCCCCC(=O)OCCCCCCCCC(C)N(CCO)CCCCCCCC(=O)O. The molecule has 0 aliphatic heterocycles. The van der Waals surface area contributed by atoms with Gasteiger partial charge < -0.3 is 14.9 Å². The minimum atomic E-state index is -0.702. The summed E-state index contributed by atoms with van der Waals surface area (Å²) in [6, 6.07) is 0.487. The summed E-state index contributed by atoms with van der Waals surface area (Å²) >= 11 is 0. The van der Waals surface area contributed by atoms with Gasteiger partial charge in [-0.05, 0) is 45.6 Å². The van der Waals surface area contributed by atoms with Crippen LogP contribution >= 0.6 is 0 Å². The normalized spacial score (nSPS) is 12.2. The zero-order valence-corrected chi connectivity index (χ0v) is 22.4. The molecule has 0 spiro atoms. The van der Waals surface area contributed by atoms with E-state index < -0.39 is 5.97 Å². The molecule has 6 nitrogen and oxygen atoms in total. The van der Waals surface area contributed by atoms with Gasteiger partial charge in [-0.3, -0.25) is 14.5 Å². The highest BCUT2D eigenvalue weighted by Gasteiger charge is 2.12. The lowest BCUT2D eigenvalue weighted by Crippen LogP contribution is -2.36. The summed E-state index contributed by atoms with van der Waals surface area (Å²) in [6.45, 7) is 6.98. The lowest BCUT2D eigenvalue weighted by atomic mass is 10.0. The van der Waals surface area contributed by atoms with E-state index in [9.17, 15) is 14.7 Å². The number of unbranched alkanes of at least 4 members (excludes halogenated alkanes) is 13. The first kappa shape index (κ1) is 32.9. The van der Waals surface area contributed by atoms with E-state index in [1.807, 2.05) is 0 Å². The highest BCUT2D eigenvalue weighted by molar-refractivity contribution is 5.69. The number of aliphatic carboxylic acids is 1. The number of hydrogen-bond donors (Lipinski definition) is 2.